The van der Waals surface area contributed by atoms with Gasteiger partial charge in [-0.3, -0.25) is 4.79 Å². The van der Waals surface area contributed by atoms with Gasteiger partial charge >= 0.3 is 0 Å². The summed E-state index contributed by atoms with van der Waals surface area (Å²) in [6, 6.07) is 8.75. The van der Waals surface area contributed by atoms with Gasteiger partial charge in [-0.1, -0.05) is 0 Å². The predicted octanol–water partition coefficient (Wildman–Crippen LogP) is 3.89. The van der Waals surface area contributed by atoms with Crippen LogP contribution in [0.2, 0.25) is 0 Å². The number of hydrogen-bond acceptors (Lipinski definition) is 3. The first kappa shape index (κ1) is 12.6. The zero-order valence-corrected chi connectivity index (χ0v) is 12.6. The molecule has 0 fully saturated rings. The van der Waals surface area contributed by atoms with Crippen LogP contribution >= 0.6 is 38.5 Å². The van der Waals surface area contributed by atoms with Gasteiger partial charge in [0.2, 0.25) is 5.78 Å². The first-order chi connectivity index (χ1) is 8.11. The summed E-state index contributed by atoms with van der Waals surface area (Å²) in [6.45, 7) is 0. The van der Waals surface area contributed by atoms with E-state index >= 15 is 0 Å². The fourth-order valence-corrected chi connectivity index (χ4v) is 2.22. The lowest BCUT2D eigenvalue weighted by molar-refractivity contribution is 0.100. The topological polar surface area (TPSA) is 39.4 Å². The quantitative estimate of drug-likeness (QED) is 0.573. The fourth-order valence-electron chi connectivity index (χ4n) is 1.43. The summed E-state index contributed by atoms with van der Waals surface area (Å²) in [5.41, 5.74) is 0.501. The van der Waals surface area contributed by atoms with Gasteiger partial charge in [0, 0.05) is 3.57 Å². The Morgan fingerprint density at radius 3 is 2.71 bits per heavy atom. The van der Waals surface area contributed by atoms with E-state index in [1.54, 1.807) is 24.3 Å². The number of furan rings is 1. The van der Waals surface area contributed by atoms with E-state index < -0.39 is 0 Å². The molecule has 1 heterocycles. The molecule has 2 aromatic rings. The second-order valence-electron chi connectivity index (χ2n) is 3.28. The van der Waals surface area contributed by atoms with Crippen LogP contribution < -0.4 is 4.74 Å². The molecule has 0 aliphatic heterocycles. The SMILES string of the molecule is COc1ccc(I)cc1C(=O)c1ccc(Br)o1. The third-order valence-electron chi connectivity index (χ3n) is 2.20. The summed E-state index contributed by atoms with van der Waals surface area (Å²) in [5.74, 6) is 0.645. The Kier molecular flexibility index (Phi) is 3.88. The molecule has 0 saturated carbocycles. The van der Waals surface area contributed by atoms with E-state index in [9.17, 15) is 4.79 Å². The number of methoxy groups -OCH3 is 1. The zero-order chi connectivity index (χ0) is 12.4. The number of carbonyl (C=O) groups is 1. The fraction of sp³-hybridized carbons (Fsp3) is 0.0833. The van der Waals surface area contributed by atoms with Crippen LogP contribution in [0.3, 0.4) is 0 Å². The van der Waals surface area contributed by atoms with Crippen LogP contribution in [0.4, 0.5) is 0 Å². The molecule has 0 aliphatic rings. The lowest BCUT2D eigenvalue weighted by Crippen LogP contribution is -2.03. The summed E-state index contributed by atoms with van der Waals surface area (Å²) in [7, 11) is 1.54. The van der Waals surface area contributed by atoms with Crippen molar-refractivity contribution < 1.29 is 13.9 Å². The number of benzene rings is 1. The highest BCUT2D eigenvalue weighted by Crippen LogP contribution is 2.25. The Balaban J connectivity index is 2.46. The molecular weight excluding hydrogens is 399 g/mol. The molecule has 0 spiro atoms. The molecule has 0 saturated heterocycles. The molecule has 0 atom stereocenters. The van der Waals surface area contributed by atoms with Crippen molar-refractivity contribution in [3.63, 3.8) is 0 Å². The van der Waals surface area contributed by atoms with Gasteiger partial charge in [0.15, 0.2) is 10.4 Å². The zero-order valence-electron chi connectivity index (χ0n) is 8.87. The highest BCUT2D eigenvalue weighted by atomic mass is 127. The van der Waals surface area contributed by atoms with Crippen LogP contribution in [-0.2, 0) is 0 Å². The van der Waals surface area contributed by atoms with Crippen molar-refractivity contribution in [2.24, 2.45) is 0 Å². The van der Waals surface area contributed by atoms with Gasteiger partial charge in [-0.25, -0.2) is 0 Å². The molecule has 0 N–H and O–H groups in total. The molecule has 17 heavy (non-hydrogen) atoms. The Morgan fingerprint density at radius 2 is 2.12 bits per heavy atom. The van der Waals surface area contributed by atoms with Gasteiger partial charge in [0.05, 0.1) is 12.7 Å². The molecule has 0 aliphatic carbocycles. The Hall–Kier alpha value is -0.820. The van der Waals surface area contributed by atoms with Gasteiger partial charge in [0.25, 0.3) is 0 Å². The van der Waals surface area contributed by atoms with Crippen LogP contribution in [0.15, 0.2) is 39.4 Å². The minimum atomic E-state index is -0.189. The number of ketones is 1. The van der Waals surface area contributed by atoms with Crippen LogP contribution in [0.5, 0.6) is 5.75 Å². The average molecular weight is 407 g/mol. The van der Waals surface area contributed by atoms with Gasteiger partial charge in [-0.2, -0.15) is 0 Å². The van der Waals surface area contributed by atoms with Crippen molar-refractivity contribution in [2.75, 3.05) is 7.11 Å². The van der Waals surface area contributed by atoms with Gasteiger partial charge in [0.1, 0.15) is 5.75 Å². The number of halogens is 2. The van der Waals surface area contributed by atoms with Crippen LogP contribution in [0.25, 0.3) is 0 Å². The van der Waals surface area contributed by atoms with Crippen LogP contribution in [-0.4, -0.2) is 12.9 Å². The highest BCUT2D eigenvalue weighted by Gasteiger charge is 2.18. The van der Waals surface area contributed by atoms with Gasteiger partial charge < -0.3 is 9.15 Å². The second-order valence-corrected chi connectivity index (χ2v) is 5.30. The van der Waals surface area contributed by atoms with E-state index in [1.807, 2.05) is 6.07 Å². The minimum Gasteiger partial charge on any atom is -0.496 e. The maximum atomic E-state index is 12.2. The van der Waals surface area contributed by atoms with Crippen molar-refractivity contribution >= 4 is 44.3 Å². The number of ether oxygens (including phenoxy) is 1. The molecule has 1 aromatic carbocycles. The molecule has 1 aromatic heterocycles. The maximum absolute atomic E-state index is 12.2. The minimum absolute atomic E-state index is 0.189. The van der Waals surface area contributed by atoms with Crippen molar-refractivity contribution in [3.05, 3.63) is 49.9 Å². The van der Waals surface area contributed by atoms with E-state index in [2.05, 4.69) is 38.5 Å². The monoisotopic (exact) mass is 406 g/mol. The summed E-state index contributed by atoms with van der Waals surface area (Å²) < 4.78 is 11.9. The lowest BCUT2D eigenvalue weighted by Gasteiger charge is -2.06. The number of carbonyl (C=O) groups excluding carboxylic acids is 1. The summed E-state index contributed by atoms with van der Waals surface area (Å²) in [6.07, 6.45) is 0. The molecule has 0 unspecified atom stereocenters. The molecule has 3 nitrogen and oxygen atoms in total. The van der Waals surface area contributed by atoms with Crippen molar-refractivity contribution in [3.8, 4) is 5.75 Å². The first-order valence-electron chi connectivity index (χ1n) is 4.75. The number of rotatable bonds is 3. The Bertz CT molecular complexity index is 563. The van der Waals surface area contributed by atoms with Gasteiger partial charge in [-0.15, -0.1) is 0 Å². The largest absolute Gasteiger partial charge is 0.496 e. The molecular formula is C12H8BrIO3. The molecule has 0 bridgehead atoms. The lowest BCUT2D eigenvalue weighted by atomic mass is 10.1. The summed E-state index contributed by atoms with van der Waals surface area (Å²) >= 11 is 5.32. The van der Waals surface area contributed by atoms with Crippen LogP contribution in [0.1, 0.15) is 16.1 Å². The molecule has 0 radical (unpaired) electrons. The van der Waals surface area contributed by atoms with Crippen molar-refractivity contribution in [1.82, 2.24) is 0 Å². The standard InChI is InChI=1S/C12H8BrIO3/c1-16-9-3-2-7(14)6-8(9)12(15)10-4-5-11(13)17-10/h2-6H,1H3. The number of hydrogen-bond donors (Lipinski definition) is 0. The molecule has 2 rings (SSSR count). The van der Waals surface area contributed by atoms with E-state index in [-0.39, 0.29) is 11.5 Å². The summed E-state index contributed by atoms with van der Waals surface area (Å²) in [5, 5.41) is 0. The normalized spacial score (nSPS) is 10.3. The molecule has 0 amide bonds. The van der Waals surface area contributed by atoms with Crippen molar-refractivity contribution in [1.29, 1.82) is 0 Å². The second kappa shape index (κ2) is 5.22. The predicted molar refractivity (Wildman–Crippen MR) is 75.6 cm³/mol. The van der Waals surface area contributed by atoms with Gasteiger partial charge in [-0.05, 0) is 68.9 Å². The van der Waals surface area contributed by atoms with E-state index in [1.165, 1.54) is 7.11 Å². The maximum Gasteiger partial charge on any atom is 0.231 e. The summed E-state index contributed by atoms with van der Waals surface area (Å²) in [4.78, 5) is 12.2. The first-order valence-corrected chi connectivity index (χ1v) is 6.62. The molecule has 5 heteroatoms. The van der Waals surface area contributed by atoms with E-state index in [4.69, 9.17) is 9.15 Å². The highest BCUT2D eigenvalue weighted by molar-refractivity contribution is 14.1. The van der Waals surface area contributed by atoms with E-state index in [0.29, 0.717) is 16.0 Å². The van der Waals surface area contributed by atoms with E-state index in [0.717, 1.165) is 3.57 Å². The third-order valence-corrected chi connectivity index (χ3v) is 3.30. The van der Waals surface area contributed by atoms with Crippen LogP contribution in [0, 0.1) is 3.57 Å². The smallest absolute Gasteiger partial charge is 0.231 e. The Morgan fingerprint density at radius 1 is 1.35 bits per heavy atom. The van der Waals surface area contributed by atoms with Crippen molar-refractivity contribution in [2.45, 2.75) is 0 Å². The average Bonchev–Trinajstić information content (AvgIpc) is 2.75. The third kappa shape index (κ3) is 2.71. The Labute approximate surface area is 120 Å². The molecule has 88 valence electrons.